The molecule has 0 atom stereocenters. The quantitative estimate of drug-likeness (QED) is 0.515. The lowest BCUT2D eigenvalue weighted by Crippen LogP contribution is -2.30. The zero-order valence-electron chi connectivity index (χ0n) is 15.7. The molecule has 2 heterocycles. The van der Waals surface area contributed by atoms with Crippen molar-refractivity contribution in [2.24, 2.45) is 0 Å². The van der Waals surface area contributed by atoms with E-state index in [0.29, 0.717) is 24.5 Å². The molecule has 2 aromatic heterocycles. The third-order valence-corrected chi connectivity index (χ3v) is 4.67. The Hall–Kier alpha value is -3.61. The average Bonchev–Trinajstić information content (AvgIpc) is 3.39. The topological polar surface area (TPSA) is 73.4 Å². The summed E-state index contributed by atoms with van der Waals surface area (Å²) < 4.78 is 12.7. The Morgan fingerprint density at radius 2 is 1.93 bits per heavy atom. The Kier molecular flexibility index (Phi) is 4.80. The van der Waals surface area contributed by atoms with Crippen LogP contribution in [0.3, 0.4) is 0 Å². The molecule has 2 aromatic carbocycles. The molecule has 7 nitrogen and oxygen atoms in total. The lowest BCUT2D eigenvalue weighted by atomic mass is 10.1. The Balaban J connectivity index is 1.49. The van der Waals surface area contributed by atoms with Crippen molar-refractivity contribution in [2.75, 3.05) is 20.7 Å². The predicted molar refractivity (Wildman–Crippen MR) is 105 cm³/mol. The van der Waals surface area contributed by atoms with Crippen molar-refractivity contribution in [3.05, 3.63) is 66.9 Å². The van der Waals surface area contributed by atoms with E-state index in [1.807, 2.05) is 53.1 Å². The number of imidazole rings is 1. The highest BCUT2D eigenvalue weighted by Gasteiger charge is 2.21. The van der Waals surface area contributed by atoms with Crippen molar-refractivity contribution in [1.29, 1.82) is 0 Å². The number of methoxy groups -OCH3 is 1. The summed E-state index contributed by atoms with van der Waals surface area (Å²) >= 11 is 0. The van der Waals surface area contributed by atoms with Gasteiger partial charge in [-0.1, -0.05) is 12.1 Å². The number of nitrogens with zero attached hydrogens (tertiary/aromatic N) is 4. The molecule has 28 heavy (non-hydrogen) atoms. The van der Waals surface area contributed by atoms with Gasteiger partial charge in [-0.05, 0) is 36.4 Å². The Labute approximate surface area is 162 Å². The standard InChI is InChI=1S/C21H20N4O3/c1-24(11-12-25-13-22-17-5-3-4-6-18(17)25)21(26)19-20(28-14-23-19)15-7-9-16(27-2)10-8-15/h3-10,13-14H,11-12H2,1-2H3. The number of fused-ring (bicyclic) bond motifs is 1. The third kappa shape index (κ3) is 3.34. The lowest BCUT2D eigenvalue weighted by molar-refractivity contribution is 0.0786. The first kappa shape index (κ1) is 17.8. The van der Waals surface area contributed by atoms with Crippen molar-refractivity contribution in [3.8, 4) is 17.1 Å². The number of hydrogen-bond donors (Lipinski definition) is 0. The Morgan fingerprint density at radius 1 is 1.14 bits per heavy atom. The molecule has 0 fully saturated rings. The number of aromatic nitrogens is 3. The number of rotatable bonds is 6. The van der Waals surface area contributed by atoms with Crippen LogP contribution in [0.2, 0.25) is 0 Å². The van der Waals surface area contributed by atoms with Crippen LogP contribution < -0.4 is 4.74 Å². The predicted octanol–water partition coefficient (Wildman–Crippen LogP) is 3.47. The van der Waals surface area contributed by atoms with Gasteiger partial charge in [0.05, 0.1) is 24.5 Å². The number of ether oxygens (including phenoxy) is 1. The molecule has 0 unspecified atom stereocenters. The second kappa shape index (κ2) is 7.56. The molecule has 1 amide bonds. The maximum absolute atomic E-state index is 12.9. The fourth-order valence-electron chi connectivity index (χ4n) is 3.07. The molecule has 4 rings (SSSR count). The highest BCUT2D eigenvalue weighted by Crippen LogP contribution is 2.26. The molecular formula is C21H20N4O3. The van der Waals surface area contributed by atoms with Crippen LogP contribution in [-0.4, -0.2) is 46.0 Å². The SMILES string of the molecule is COc1ccc(-c2ocnc2C(=O)N(C)CCn2cnc3ccccc32)cc1. The summed E-state index contributed by atoms with van der Waals surface area (Å²) in [4.78, 5) is 23.1. The molecular weight excluding hydrogens is 356 g/mol. The average molecular weight is 376 g/mol. The van der Waals surface area contributed by atoms with Gasteiger partial charge in [-0.2, -0.15) is 0 Å². The minimum atomic E-state index is -0.191. The Morgan fingerprint density at radius 3 is 2.71 bits per heavy atom. The van der Waals surface area contributed by atoms with Gasteiger partial charge < -0.3 is 18.6 Å². The zero-order valence-corrected chi connectivity index (χ0v) is 15.7. The van der Waals surface area contributed by atoms with Crippen molar-refractivity contribution in [3.63, 3.8) is 0 Å². The van der Waals surface area contributed by atoms with Crippen molar-refractivity contribution >= 4 is 16.9 Å². The highest BCUT2D eigenvalue weighted by atomic mass is 16.5. The Bertz CT molecular complexity index is 1100. The van der Waals surface area contributed by atoms with Gasteiger partial charge in [0.25, 0.3) is 5.91 Å². The summed E-state index contributed by atoms with van der Waals surface area (Å²) in [5, 5.41) is 0. The molecule has 0 aliphatic rings. The van der Waals surface area contributed by atoms with Crippen LogP contribution in [0.5, 0.6) is 5.75 Å². The zero-order chi connectivity index (χ0) is 19.5. The number of oxazole rings is 1. The van der Waals surface area contributed by atoms with Crippen LogP contribution in [0.4, 0.5) is 0 Å². The molecule has 0 radical (unpaired) electrons. The molecule has 0 N–H and O–H groups in total. The molecule has 0 spiro atoms. The molecule has 0 aliphatic heterocycles. The van der Waals surface area contributed by atoms with E-state index < -0.39 is 0 Å². The minimum absolute atomic E-state index is 0.191. The number of carbonyl (C=O) groups excluding carboxylic acids is 1. The van der Waals surface area contributed by atoms with Gasteiger partial charge in [0.15, 0.2) is 17.8 Å². The number of hydrogen-bond acceptors (Lipinski definition) is 5. The fraction of sp³-hybridized carbons (Fsp3) is 0.190. The monoisotopic (exact) mass is 376 g/mol. The van der Waals surface area contributed by atoms with Crippen molar-refractivity contribution < 1.29 is 13.9 Å². The third-order valence-electron chi connectivity index (χ3n) is 4.67. The molecule has 0 saturated carbocycles. The van der Waals surface area contributed by atoms with Gasteiger partial charge in [-0.3, -0.25) is 4.79 Å². The number of likely N-dealkylation sites (N-methyl/N-ethyl adjacent to an activating group) is 1. The van der Waals surface area contributed by atoms with E-state index in [4.69, 9.17) is 9.15 Å². The maximum Gasteiger partial charge on any atom is 0.276 e. The van der Waals surface area contributed by atoms with E-state index >= 15 is 0 Å². The van der Waals surface area contributed by atoms with Gasteiger partial charge in [-0.25, -0.2) is 9.97 Å². The fourth-order valence-corrected chi connectivity index (χ4v) is 3.07. The van der Waals surface area contributed by atoms with Gasteiger partial charge in [0.2, 0.25) is 0 Å². The summed E-state index contributed by atoms with van der Waals surface area (Å²) in [7, 11) is 3.37. The van der Waals surface area contributed by atoms with Gasteiger partial charge in [-0.15, -0.1) is 0 Å². The smallest absolute Gasteiger partial charge is 0.276 e. The van der Waals surface area contributed by atoms with Gasteiger partial charge >= 0.3 is 0 Å². The number of amides is 1. The summed E-state index contributed by atoms with van der Waals surface area (Å²) in [6.07, 6.45) is 3.09. The molecule has 7 heteroatoms. The van der Waals surface area contributed by atoms with Crippen LogP contribution >= 0.6 is 0 Å². The molecule has 0 saturated heterocycles. The first-order chi connectivity index (χ1) is 13.7. The van der Waals surface area contributed by atoms with Crippen LogP contribution in [-0.2, 0) is 6.54 Å². The number of benzene rings is 2. The van der Waals surface area contributed by atoms with E-state index in [9.17, 15) is 4.79 Å². The second-order valence-electron chi connectivity index (χ2n) is 6.41. The first-order valence-electron chi connectivity index (χ1n) is 8.90. The minimum Gasteiger partial charge on any atom is -0.497 e. The highest BCUT2D eigenvalue weighted by molar-refractivity contribution is 5.97. The summed E-state index contributed by atoms with van der Waals surface area (Å²) in [5.74, 6) is 0.998. The summed E-state index contributed by atoms with van der Waals surface area (Å²) in [6.45, 7) is 1.16. The number of para-hydroxylation sites is 2. The van der Waals surface area contributed by atoms with Crippen molar-refractivity contribution in [2.45, 2.75) is 6.54 Å². The summed E-state index contributed by atoms with van der Waals surface area (Å²) in [5.41, 5.74) is 3.05. The molecule has 0 bridgehead atoms. The lowest BCUT2D eigenvalue weighted by Gasteiger charge is -2.17. The molecule has 0 aliphatic carbocycles. The summed E-state index contributed by atoms with van der Waals surface area (Å²) in [6, 6.07) is 15.2. The van der Waals surface area contributed by atoms with E-state index in [-0.39, 0.29) is 5.91 Å². The van der Waals surface area contributed by atoms with Gasteiger partial charge in [0.1, 0.15) is 5.75 Å². The van der Waals surface area contributed by atoms with E-state index in [1.165, 1.54) is 6.39 Å². The van der Waals surface area contributed by atoms with Crippen LogP contribution in [0, 0.1) is 0 Å². The van der Waals surface area contributed by atoms with Crippen molar-refractivity contribution in [1.82, 2.24) is 19.4 Å². The van der Waals surface area contributed by atoms with Crippen LogP contribution in [0.15, 0.2) is 65.7 Å². The van der Waals surface area contributed by atoms with E-state index in [1.54, 1.807) is 25.4 Å². The van der Waals surface area contributed by atoms with E-state index in [2.05, 4.69) is 9.97 Å². The van der Waals surface area contributed by atoms with Crippen LogP contribution in [0.25, 0.3) is 22.4 Å². The molecule has 4 aromatic rings. The van der Waals surface area contributed by atoms with Gasteiger partial charge in [0, 0.05) is 25.7 Å². The number of carbonyl (C=O) groups is 1. The maximum atomic E-state index is 12.9. The van der Waals surface area contributed by atoms with Crippen LogP contribution in [0.1, 0.15) is 10.5 Å². The first-order valence-corrected chi connectivity index (χ1v) is 8.90. The normalized spacial score (nSPS) is 10.9. The van der Waals surface area contributed by atoms with E-state index in [0.717, 1.165) is 22.3 Å². The second-order valence-corrected chi connectivity index (χ2v) is 6.41. The largest absolute Gasteiger partial charge is 0.497 e. The molecule has 142 valence electrons.